The lowest BCUT2D eigenvalue weighted by Gasteiger charge is -2.05. The summed E-state index contributed by atoms with van der Waals surface area (Å²) in [5, 5.41) is 2.89. The fourth-order valence-corrected chi connectivity index (χ4v) is 2.44. The van der Waals surface area contributed by atoms with E-state index >= 15 is 0 Å². The molecule has 0 spiro atoms. The zero-order valence-corrected chi connectivity index (χ0v) is 14.1. The highest BCUT2D eigenvalue weighted by Gasteiger charge is 2.11. The first-order valence-corrected chi connectivity index (χ1v) is 7.98. The number of nitrogens with one attached hydrogen (secondary N) is 1. The molecule has 0 aliphatic carbocycles. The summed E-state index contributed by atoms with van der Waals surface area (Å²) in [4.78, 5) is 16.5. The Morgan fingerprint density at radius 1 is 1.12 bits per heavy atom. The first-order chi connectivity index (χ1) is 11.6. The smallest absolute Gasteiger partial charge is 0.271 e. The van der Waals surface area contributed by atoms with Crippen LogP contribution in [0.1, 0.15) is 24.3 Å². The second-order valence-corrected chi connectivity index (χ2v) is 6.14. The second-order valence-electron chi connectivity index (χ2n) is 6.14. The molecule has 3 aromatic rings. The van der Waals surface area contributed by atoms with Crippen LogP contribution < -0.4 is 10.1 Å². The summed E-state index contributed by atoms with van der Waals surface area (Å²) in [7, 11) is 1.65. The highest BCUT2D eigenvalue weighted by molar-refractivity contribution is 5.92. The second kappa shape index (κ2) is 6.74. The minimum absolute atomic E-state index is 0.140. The van der Waals surface area contributed by atoms with Crippen molar-refractivity contribution in [2.45, 2.75) is 13.8 Å². The number of aromatic nitrogens is 2. The Labute approximate surface area is 141 Å². The highest BCUT2D eigenvalue weighted by Crippen LogP contribution is 2.23. The van der Waals surface area contributed by atoms with Crippen LogP contribution in [0.15, 0.2) is 48.8 Å². The molecule has 1 aromatic carbocycles. The van der Waals surface area contributed by atoms with Crippen molar-refractivity contribution in [3.05, 3.63) is 54.5 Å². The molecule has 0 aliphatic rings. The van der Waals surface area contributed by atoms with Gasteiger partial charge in [0.2, 0.25) is 0 Å². The predicted octanol–water partition coefficient (Wildman–Crippen LogP) is 3.40. The van der Waals surface area contributed by atoms with Gasteiger partial charge in [0.25, 0.3) is 5.91 Å². The summed E-state index contributed by atoms with van der Waals surface area (Å²) >= 11 is 0. The lowest BCUT2D eigenvalue weighted by atomic mass is 10.1. The van der Waals surface area contributed by atoms with Gasteiger partial charge in [-0.25, -0.2) is 4.98 Å². The molecule has 0 atom stereocenters. The number of benzene rings is 1. The van der Waals surface area contributed by atoms with E-state index in [1.165, 1.54) is 0 Å². The third kappa shape index (κ3) is 3.40. The van der Waals surface area contributed by atoms with Gasteiger partial charge in [-0.15, -0.1) is 0 Å². The zero-order chi connectivity index (χ0) is 17.1. The van der Waals surface area contributed by atoms with Crippen molar-refractivity contribution in [2.75, 3.05) is 13.7 Å². The van der Waals surface area contributed by atoms with E-state index in [1.807, 2.05) is 47.0 Å². The standard InChI is InChI=1S/C19H21N3O2/c1-13(2)10-20-19(23)17-12-22-11-15(6-9-18(22)21-17)14-4-7-16(24-3)8-5-14/h4-9,11-13H,10H2,1-3H3,(H,20,23). The molecule has 0 aliphatic heterocycles. The molecule has 124 valence electrons. The van der Waals surface area contributed by atoms with Crippen molar-refractivity contribution in [2.24, 2.45) is 5.92 Å². The van der Waals surface area contributed by atoms with Crippen LogP contribution >= 0.6 is 0 Å². The first kappa shape index (κ1) is 16.1. The average molecular weight is 323 g/mol. The highest BCUT2D eigenvalue weighted by atomic mass is 16.5. The number of pyridine rings is 1. The molecule has 0 saturated carbocycles. The number of rotatable bonds is 5. The molecule has 1 amide bonds. The monoisotopic (exact) mass is 323 g/mol. The van der Waals surface area contributed by atoms with Crippen molar-refractivity contribution in [3.63, 3.8) is 0 Å². The number of amides is 1. The summed E-state index contributed by atoms with van der Waals surface area (Å²) in [6, 6.07) is 11.8. The first-order valence-electron chi connectivity index (χ1n) is 7.98. The van der Waals surface area contributed by atoms with Gasteiger partial charge >= 0.3 is 0 Å². The Kier molecular flexibility index (Phi) is 4.51. The quantitative estimate of drug-likeness (QED) is 0.783. The molecule has 0 saturated heterocycles. The van der Waals surface area contributed by atoms with Gasteiger partial charge in [0.15, 0.2) is 0 Å². The molecular formula is C19H21N3O2. The van der Waals surface area contributed by atoms with E-state index in [1.54, 1.807) is 13.3 Å². The maximum atomic E-state index is 12.1. The summed E-state index contributed by atoms with van der Waals surface area (Å²) < 4.78 is 7.06. The Balaban J connectivity index is 1.86. The van der Waals surface area contributed by atoms with Crippen molar-refractivity contribution in [1.82, 2.24) is 14.7 Å². The van der Waals surface area contributed by atoms with Gasteiger partial charge in [0.05, 0.1) is 7.11 Å². The van der Waals surface area contributed by atoms with E-state index in [4.69, 9.17) is 4.74 Å². The fourth-order valence-electron chi connectivity index (χ4n) is 2.44. The van der Waals surface area contributed by atoms with E-state index in [0.717, 1.165) is 22.5 Å². The maximum Gasteiger partial charge on any atom is 0.271 e. The zero-order valence-electron chi connectivity index (χ0n) is 14.1. The molecule has 0 radical (unpaired) electrons. The van der Waals surface area contributed by atoms with Crippen molar-refractivity contribution in [3.8, 4) is 16.9 Å². The Hall–Kier alpha value is -2.82. The molecule has 24 heavy (non-hydrogen) atoms. The lowest BCUT2D eigenvalue weighted by Crippen LogP contribution is -2.27. The van der Waals surface area contributed by atoms with Crippen LogP contribution in [0, 0.1) is 5.92 Å². The normalized spacial score (nSPS) is 11.0. The van der Waals surface area contributed by atoms with Gasteiger partial charge in [-0.3, -0.25) is 4.79 Å². The molecule has 5 nitrogen and oxygen atoms in total. The number of hydrogen-bond acceptors (Lipinski definition) is 3. The largest absolute Gasteiger partial charge is 0.497 e. The van der Waals surface area contributed by atoms with E-state index in [9.17, 15) is 4.79 Å². The van der Waals surface area contributed by atoms with Gasteiger partial charge in [-0.05, 0) is 41.3 Å². The van der Waals surface area contributed by atoms with Crippen LogP contribution in [0.2, 0.25) is 0 Å². The molecule has 5 heteroatoms. The topological polar surface area (TPSA) is 55.6 Å². The summed E-state index contributed by atoms with van der Waals surface area (Å²) in [5.41, 5.74) is 3.32. The number of fused-ring (bicyclic) bond motifs is 1. The minimum atomic E-state index is -0.140. The van der Waals surface area contributed by atoms with Crippen LogP contribution in [0.3, 0.4) is 0 Å². The van der Waals surface area contributed by atoms with Crippen LogP contribution in [0.25, 0.3) is 16.8 Å². The fraction of sp³-hybridized carbons (Fsp3) is 0.263. The molecule has 0 unspecified atom stereocenters. The van der Waals surface area contributed by atoms with Gasteiger partial charge in [0, 0.05) is 18.9 Å². The maximum absolute atomic E-state index is 12.1. The molecule has 2 aromatic heterocycles. The number of ether oxygens (including phenoxy) is 1. The van der Waals surface area contributed by atoms with E-state index < -0.39 is 0 Å². The van der Waals surface area contributed by atoms with Crippen molar-refractivity contribution >= 4 is 11.6 Å². The number of nitrogens with zero attached hydrogens (tertiary/aromatic N) is 2. The SMILES string of the molecule is COc1ccc(-c2ccc3nc(C(=O)NCC(C)C)cn3c2)cc1. The van der Waals surface area contributed by atoms with E-state index in [0.29, 0.717) is 18.2 Å². The third-order valence-electron chi connectivity index (χ3n) is 3.78. The number of hydrogen-bond donors (Lipinski definition) is 1. The lowest BCUT2D eigenvalue weighted by molar-refractivity contribution is 0.0944. The molecular weight excluding hydrogens is 302 g/mol. The number of carbonyl (C=O) groups excluding carboxylic acids is 1. The predicted molar refractivity (Wildman–Crippen MR) is 94.4 cm³/mol. The van der Waals surface area contributed by atoms with Gasteiger partial charge < -0.3 is 14.5 Å². The molecule has 0 bridgehead atoms. The van der Waals surface area contributed by atoms with E-state index in [-0.39, 0.29) is 5.91 Å². The third-order valence-corrected chi connectivity index (χ3v) is 3.78. The number of methoxy groups -OCH3 is 1. The summed E-state index contributed by atoms with van der Waals surface area (Å²) in [6.45, 7) is 4.76. The van der Waals surface area contributed by atoms with Crippen LogP contribution in [-0.2, 0) is 0 Å². The van der Waals surface area contributed by atoms with Crippen LogP contribution in [0.5, 0.6) is 5.75 Å². The van der Waals surface area contributed by atoms with Gasteiger partial charge in [-0.1, -0.05) is 26.0 Å². The minimum Gasteiger partial charge on any atom is -0.497 e. The molecule has 0 fully saturated rings. The molecule has 2 heterocycles. The Bertz CT molecular complexity index is 851. The molecule has 3 rings (SSSR count). The average Bonchev–Trinajstić information content (AvgIpc) is 3.03. The molecule has 1 N–H and O–H groups in total. The Morgan fingerprint density at radius 3 is 2.50 bits per heavy atom. The van der Waals surface area contributed by atoms with Crippen molar-refractivity contribution in [1.29, 1.82) is 0 Å². The van der Waals surface area contributed by atoms with Gasteiger partial charge in [-0.2, -0.15) is 0 Å². The van der Waals surface area contributed by atoms with Crippen LogP contribution in [-0.4, -0.2) is 28.9 Å². The number of carbonyl (C=O) groups is 1. The summed E-state index contributed by atoms with van der Waals surface area (Å²) in [6.07, 6.45) is 3.74. The number of imidazole rings is 1. The Morgan fingerprint density at radius 2 is 1.83 bits per heavy atom. The van der Waals surface area contributed by atoms with Crippen molar-refractivity contribution < 1.29 is 9.53 Å². The van der Waals surface area contributed by atoms with E-state index in [2.05, 4.69) is 24.1 Å². The summed E-state index contributed by atoms with van der Waals surface area (Å²) in [5.74, 6) is 1.10. The van der Waals surface area contributed by atoms with Crippen LogP contribution in [0.4, 0.5) is 0 Å². The van der Waals surface area contributed by atoms with Gasteiger partial charge in [0.1, 0.15) is 17.1 Å².